The molecule has 0 atom stereocenters. The van der Waals surface area contributed by atoms with Gasteiger partial charge in [-0.2, -0.15) is 0 Å². The summed E-state index contributed by atoms with van der Waals surface area (Å²) in [5.74, 6) is -2.45. The Morgan fingerprint density at radius 3 is 2.20 bits per heavy atom. The van der Waals surface area contributed by atoms with Gasteiger partial charge in [0.2, 0.25) is 11.8 Å². The Morgan fingerprint density at radius 1 is 1.15 bits per heavy atom. The van der Waals surface area contributed by atoms with Crippen molar-refractivity contribution in [3.8, 4) is 0 Å². The Balaban J connectivity index is 4.27. The number of nitrogens with zero attached hydrogens (tertiary/aromatic N) is 1. The molecule has 5 N–H and O–H groups in total. The van der Waals surface area contributed by atoms with Crippen LogP contribution in [0, 0.1) is 5.92 Å². The van der Waals surface area contributed by atoms with Gasteiger partial charge in [-0.3, -0.25) is 24.6 Å². The molecule has 0 fully saturated rings. The molecular formula is C11H20N4O5. The number of imide groups is 1. The fourth-order valence-corrected chi connectivity index (χ4v) is 1.29. The van der Waals surface area contributed by atoms with E-state index in [1.165, 1.54) is 0 Å². The molecule has 0 aliphatic heterocycles. The highest BCUT2D eigenvalue weighted by Crippen LogP contribution is 1.89. The number of amides is 4. The minimum Gasteiger partial charge on any atom is -0.480 e. The molecule has 0 aliphatic carbocycles. The Bertz CT molecular complexity index is 367. The summed E-state index contributed by atoms with van der Waals surface area (Å²) in [6.45, 7) is 2.87. The first-order valence-corrected chi connectivity index (χ1v) is 6.00. The van der Waals surface area contributed by atoms with Gasteiger partial charge in [0.25, 0.3) is 0 Å². The highest BCUT2D eigenvalue weighted by Gasteiger charge is 2.17. The Kier molecular flexibility index (Phi) is 7.90. The molecule has 0 heterocycles. The maximum Gasteiger partial charge on any atom is 0.321 e. The Labute approximate surface area is 116 Å². The van der Waals surface area contributed by atoms with Crippen molar-refractivity contribution in [3.05, 3.63) is 0 Å². The van der Waals surface area contributed by atoms with Crippen LogP contribution >= 0.6 is 0 Å². The lowest BCUT2D eigenvalue weighted by Crippen LogP contribution is -2.47. The van der Waals surface area contributed by atoms with Crippen LogP contribution in [0.2, 0.25) is 0 Å². The quantitative estimate of drug-likeness (QED) is 0.421. The fraction of sp³-hybridized carbons (Fsp3) is 0.636. The summed E-state index contributed by atoms with van der Waals surface area (Å²) in [5, 5.41) is 13.1. The van der Waals surface area contributed by atoms with Gasteiger partial charge in [-0.25, -0.2) is 4.79 Å². The largest absolute Gasteiger partial charge is 0.480 e. The zero-order valence-corrected chi connectivity index (χ0v) is 11.5. The average Bonchev–Trinajstić information content (AvgIpc) is 2.23. The number of hydrogen-bond donors (Lipinski definition) is 4. The SMILES string of the molecule is CC(C)CNC(=O)NC(=O)CN(CC(N)=O)CC(=O)O. The summed E-state index contributed by atoms with van der Waals surface area (Å²) in [7, 11) is 0. The number of aliphatic carboxylic acids is 1. The molecule has 4 amide bonds. The number of carbonyl (C=O) groups excluding carboxylic acids is 3. The molecule has 0 aliphatic rings. The van der Waals surface area contributed by atoms with Crippen LogP contribution in [0.4, 0.5) is 4.79 Å². The third-order valence-electron chi connectivity index (χ3n) is 2.03. The highest BCUT2D eigenvalue weighted by atomic mass is 16.4. The van der Waals surface area contributed by atoms with Crippen molar-refractivity contribution in [3.63, 3.8) is 0 Å². The number of nitrogens with two attached hydrogens (primary N) is 1. The first-order valence-electron chi connectivity index (χ1n) is 6.00. The normalized spacial score (nSPS) is 10.4. The average molecular weight is 288 g/mol. The third kappa shape index (κ3) is 9.83. The molecule has 9 heteroatoms. The van der Waals surface area contributed by atoms with Gasteiger partial charge in [0.1, 0.15) is 0 Å². The van der Waals surface area contributed by atoms with Gasteiger partial charge in [0.15, 0.2) is 0 Å². The van der Waals surface area contributed by atoms with E-state index in [9.17, 15) is 19.2 Å². The number of hydrogen-bond acceptors (Lipinski definition) is 5. The van der Waals surface area contributed by atoms with Crippen molar-refractivity contribution in [2.75, 3.05) is 26.2 Å². The first-order chi connectivity index (χ1) is 9.20. The predicted molar refractivity (Wildman–Crippen MR) is 69.6 cm³/mol. The molecule has 0 spiro atoms. The van der Waals surface area contributed by atoms with E-state index < -0.39 is 36.9 Å². The monoisotopic (exact) mass is 288 g/mol. The molecule has 114 valence electrons. The summed E-state index contributed by atoms with van der Waals surface area (Å²) in [4.78, 5) is 45.2. The summed E-state index contributed by atoms with van der Waals surface area (Å²) < 4.78 is 0. The molecule has 20 heavy (non-hydrogen) atoms. The zero-order chi connectivity index (χ0) is 15.7. The molecule has 0 aromatic carbocycles. The predicted octanol–water partition coefficient (Wildman–Crippen LogP) is -1.66. The zero-order valence-electron chi connectivity index (χ0n) is 11.5. The van der Waals surface area contributed by atoms with E-state index in [2.05, 4.69) is 5.32 Å². The number of urea groups is 1. The topological polar surface area (TPSA) is 142 Å². The van der Waals surface area contributed by atoms with Crippen molar-refractivity contribution in [2.45, 2.75) is 13.8 Å². The van der Waals surface area contributed by atoms with Crippen LogP contribution in [0.15, 0.2) is 0 Å². The molecule has 0 bridgehead atoms. The van der Waals surface area contributed by atoms with Gasteiger partial charge < -0.3 is 16.2 Å². The number of carboxylic acids is 1. The van der Waals surface area contributed by atoms with Gasteiger partial charge in [-0.1, -0.05) is 13.8 Å². The molecule has 0 unspecified atom stereocenters. The van der Waals surface area contributed by atoms with Crippen LogP contribution in [0.5, 0.6) is 0 Å². The second kappa shape index (κ2) is 8.86. The number of carbonyl (C=O) groups is 4. The van der Waals surface area contributed by atoms with Crippen molar-refractivity contribution in [1.82, 2.24) is 15.5 Å². The van der Waals surface area contributed by atoms with Crippen LogP contribution in [-0.2, 0) is 14.4 Å². The first kappa shape index (κ1) is 17.8. The Morgan fingerprint density at radius 2 is 1.75 bits per heavy atom. The minimum atomic E-state index is -1.21. The maximum absolute atomic E-state index is 11.5. The summed E-state index contributed by atoms with van der Waals surface area (Å²) in [6.07, 6.45) is 0. The summed E-state index contributed by atoms with van der Waals surface area (Å²) in [5.41, 5.74) is 4.94. The molecule has 0 saturated carbocycles. The van der Waals surface area contributed by atoms with Gasteiger partial charge in [0.05, 0.1) is 19.6 Å². The second-order valence-electron chi connectivity index (χ2n) is 4.66. The lowest BCUT2D eigenvalue weighted by molar-refractivity contribution is -0.139. The minimum absolute atomic E-state index is 0.231. The third-order valence-corrected chi connectivity index (χ3v) is 2.03. The van der Waals surface area contributed by atoms with Crippen LogP contribution in [-0.4, -0.2) is 60.0 Å². The molecule has 0 aromatic heterocycles. The van der Waals surface area contributed by atoms with Crippen molar-refractivity contribution < 1.29 is 24.3 Å². The van der Waals surface area contributed by atoms with Crippen molar-refractivity contribution in [1.29, 1.82) is 0 Å². The highest BCUT2D eigenvalue weighted by molar-refractivity contribution is 5.95. The van der Waals surface area contributed by atoms with Crippen LogP contribution in [0.1, 0.15) is 13.8 Å². The standard InChI is InChI=1S/C11H20N4O5/c1-7(2)3-13-11(20)14-9(17)5-15(4-8(12)16)6-10(18)19/h7H,3-6H2,1-2H3,(H2,12,16)(H,18,19)(H2,13,14,17,20). The summed E-state index contributed by atoms with van der Waals surface area (Å²) in [6, 6.07) is -0.668. The smallest absolute Gasteiger partial charge is 0.321 e. The number of primary amides is 1. The van der Waals surface area contributed by atoms with Gasteiger partial charge in [-0.05, 0) is 5.92 Å². The lowest BCUT2D eigenvalue weighted by Gasteiger charge is -2.17. The fourth-order valence-electron chi connectivity index (χ4n) is 1.29. The van der Waals surface area contributed by atoms with Crippen molar-refractivity contribution >= 4 is 23.8 Å². The molecule has 9 nitrogen and oxygen atoms in total. The molecular weight excluding hydrogens is 268 g/mol. The van der Waals surface area contributed by atoms with Crippen LogP contribution in [0.25, 0.3) is 0 Å². The maximum atomic E-state index is 11.5. The van der Waals surface area contributed by atoms with E-state index >= 15 is 0 Å². The molecule has 0 rings (SSSR count). The summed E-state index contributed by atoms with van der Waals surface area (Å²) >= 11 is 0. The molecule has 0 radical (unpaired) electrons. The number of carboxylic acid groups (broad SMARTS) is 1. The number of rotatable bonds is 8. The van der Waals surface area contributed by atoms with Gasteiger partial charge in [0, 0.05) is 6.54 Å². The van der Waals surface area contributed by atoms with E-state index in [0.29, 0.717) is 6.54 Å². The van der Waals surface area contributed by atoms with Crippen LogP contribution < -0.4 is 16.4 Å². The lowest BCUT2D eigenvalue weighted by atomic mass is 10.2. The van der Waals surface area contributed by atoms with Gasteiger partial charge in [-0.15, -0.1) is 0 Å². The second-order valence-corrected chi connectivity index (χ2v) is 4.66. The molecule has 0 saturated heterocycles. The molecule has 0 aromatic rings. The van der Waals surface area contributed by atoms with E-state index in [1.54, 1.807) is 0 Å². The van der Waals surface area contributed by atoms with E-state index in [4.69, 9.17) is 10.8 Å². The van der Waals surface area contributed by atoms with E-state index in [1.807, 2.05) is 19.2 Å². The Hall–Kier alpha value is -2.16. The van der Waals surface area contributed by atoms with E-state index in [0.717, 1.165) is 4.90 Å². The van der Waals surface area contributed by atoms with E-state index in [-0.39, 0.29) is 12.5 Å². The van der Waals surface area contributed by atoms with Gasteiger partial charge >= 0.3 is 12.0 Å². The van der Waals surface area contributed by atoms with Crippen molar-refractivity contribution in [2.24, 2.45) is 11.7 Å². The number of nitrogens with one attached hydrogen (secondary N) is 2. The van der Waals surface area contributed by atoms with Crippen LogP contribution in [0.3, 0.4) is 0 Å².